The van der Waals surface area contributed by atoms with Crippen LogP contribution in [0.2, 0.25) is 0 Å². The lowest BCUT2D eigenvalue weighted by Gasteiger charge is -2.31. The standard InChI is InChI=1S/C38H60BrN7O2.H2S/c1-9-13-15-16-17-20-38(6,19-14-10-2)26-48-37-43-32-24-30(39)34(42-27(5)11-3)29(12-4)33(32)35(44-37)46-22-18-21-41-28(25-46)23-31(40)36(47)45(7)8;/h12,23-24,27H,9-11,13-22,25-26,40H2,1-8H3;1H2/b29-12-,31-23-,42-34?;. The van der Waals surface area contributed by atoms with Gasteiger partial charge in [-0.05, 0) is 67.6 Å². The fourth-order valence-corrected chi connectivity index (χ4v) is 6.64. The van der Waals surface area contributed by atoms with Gasteiger partial charge >= 0.3 is 6.01 Å². The average Bonchev–Trinajstić information content (AvgIpc) is 3.31. The molecule has 1 aromatic heterocycles. The van der Waals surface area contributed by atoms with Crippen molar-refractivity contribution in [2.75, 3.05) is 45.2 Å². The van der Waals surface area contributed by atoms with Crippen LogP contribution in [0.1, 0.15) is 123 Å². The number of carbonyl (C=O) groups excluding carboxylic acids is 1. The summed E-state index contributed by atoms with van der Waals surface area (Å²) in [5.74, 6) is 0.545. The van der Waals surface area contributed by atoms with Gasteiger partial charge in [0.15, 0.2) is 0 Å². The van der Waals surface area contributed by atoms with E-state index in [9.17, 15) is 4.79 Å². The summed E-state index contributed by atoms with van der Waals surface area (Å²) in [4.78, 5) is 36.3. The highest BCUT2D eigenvalue weighted by Gasteiger charge is 2.31. The molecule has 2 N–H and O–H groups in total. The third-order valence-electron chi connectivity index (χ3n) is 9.24. The summed E-state index contributed by atoms with van der Waals surface area (Å²) in [6, 6.07) is 0.541. The highest BCUT2D eigenvalue weighted by Crippen LogP contribution is 2.40. The first-order valence-electron chi connectivity index (χ1n) is 18.1. The van der Waals surface area contributed by atoms with Gasteiger partial charge in [0.25, 0.3) is 5.91 Å². The molecule has 274 valence electrons. The Hall–Kier alpha value is -2.66. The van der Waals surface area contributed by atoms with Crippen LogP contribution >= 0.6 is 29.4 Å². The van der Waals surface area contributed by atoms with Crippen LogP contribution in [-0.4, -0.2) is 78.6 Å². The quantitative estimate of drug-likeness (QED) is 0.126. The second kappa shape index (κ2) is 20.9. The molecule has 1 amide bonds. The number of aliphatic imine (C=N–C) groups is 2. The molecular weight excluding hydrogens is 698 g/mol. The number of carbonyl (C=O) groups is 1. The van der Waals surface area contributed by atoms with E-state index in [0.29, 0.717) is 25.7 Å². The van der Waals surface area contributed by atoms with Crippen molar-refractivity contribution in [3.05, 3.63) is 33.6 Å². The van der Waals surface area contributed by atoms with Gasteiger partial charge in [0.2, 0.25) is 0 Å². The fraction of sp³-hybridized carbons (Fsp3) is 0.658. The van der Waals surface area contributed by atoms with Crippen LogP contribution in [0.3, 0.4) is 0 Å². The van der Waals surface area contributed by atoms with Gasteiger partial charge in [-0.15, -0.1) is 0 Å². The SMILES string of the molecule is C/C=C1\C(=NC(C)CC)C(Br)=Cc2nc(OCC(C)(CCCC)CCCCCCC)nc(N3CCCN=C(/C=C(\N)C(=O)N(C)C)C3)c21.S. The number of likely N-dealkylation sites (N-methyl/N-ethyl adjacent to an activating group) is 1. The minimum absolute atomic E-state index is 0. The molecule has 0 aromatic carbocycles. The lowest BCUT2D eigenvalue weighted by atomic mass is 9.80. The number of nitrogens with zero attached hydrogens (tertiary/aromatic N) is 6. The van der Waals surface area contributed by atoms with Crippen molar-refractivity contribution in [3.63, 3.8) is 0 Å². The summed E-state index contributed by atoms with van der Waals surface area (Å²) < 4.78 is 7.48. The Morgan fingerprint density at radius 1 is 1.14 bits per heavy atom. The molecule has 49 heavy (non-hydrogen) atoms. The molecule has 0 saturated heterocycles. The summed E-state index contributed by atoms with van der Waals surface area (Å²) in [7, 11) is 3.39. The van der Waals surface area contributed by atoms with E-state index in [4.69, 9.17) is 30.4 Å². The molecule has 0 spiro atoms. The van der Waals surface area contributed by atoms with Crippen LogP contribution < -0.4 is 15.4 Å². The molecule has 0 radical (unpaired) electrons. The van der Waals surface area contributed by atoms with E-state index in [1.165, 1.54) is 43.4 Å². The summed E-state index contributed by atoms with van der Waals surface area (Å²) in [6.45, 7) is 15.6. The number of unbranched alkanes of at least 4 members (excludes halogenated alkanes) is 5. The van der Waals surface area contributed by atoms with Gasteiger partial charge in [0.05, 0.1) is 41.5 Å². The van der Waals surface area contributed by atoms with Gasteiger partial charge in [-0.25, -0.2) is 0 Å². The van der Waals surface area contributed by atoms with Crippen molar-refractivity contribution in [1.29, 1.82) is 0 Å². The van der Waals surface area contributed by atoms with Crippen molar-refractivity contribution in [2.45, 2.75) is 118 Å². The number of aromatic nitrogens is 2. The third-order valence-corrected chi connectivity index (χ3v) is 9.84. The number of hydrogen-bond acceptors (Lipinski definition) is 8. The number of allylic oxidation sites excluding steroid dienone is 3. The maximum atomic E-state index is 12.6. The molecule has 1 aliphatic heterocycles. The topological polar surface area (TPSA) is 109 Å². The van der Waals surface area contributed by atoms with E-state index >= 15 is 0 Å². The molecule has 1 aliphatic carbocycles. The second-order valence-corrected chi connectivity index (χ2v) is 14.7. The molecule has 9 nitrogen and oxygen atoms in total. The van der Waals surface area contributed by atoms with E-state index in [0.717, 1.165) is 77.2 Å². The van der Waals surface area contributed by atoms with E-state index < -0.39 is 0 Å². The maximum Gasteiger partial charge on any atom is 0.318 e. The van der Waals surface area contributed by atoms with E-state index in [-0.39, 0.29) is 36.6 Å². The number of anilines is 1. The number of amides is 1. The highest BCUT2D eigenvalue weighted by atomic mass is 79.9. The Kier molecular flexibility index (Phi) is 18.1. The molecule has 2 aliphatic rings. The number of rotatable bonds is 17. The van der Waals surface area contributed by atoms with Gasteiger partial charge in [-0.3, -0.25) is 14.8 Å². The molecule has 11 heteroatoms. The van der Waals surface area contributed by atoms with Crippen LogP contribution in [0.4, 0.5) is 5.82 Å². The summed E-state index contributed by atoms with van der Waals surface area (Å²) >= 11 is 3.83. The Morgan fingerprint density at radius 3 is 2.49 bits per heavy atom. The smallest absolute Gasteiger partial charge is 0.318 e. The van der Waals surface area contributed by atoms with E-state index in [2.05, 4.69) is 61.5 Å². The molecule has 2 heterocycles. The minimum Gasteiger partial charge on any atom is -0.463 e. The largest absolute Gasteiger partial charge is 0.463 e. The molecule has 0 bridgehead atoms. The Morgan fingerprint density at radius 2 is 1.84 bits per heavy atom. The highest BCUT2D eigenvalue weighted by molar-refractivity contribution is 9.12. The predicted molar refractivity (Wildman–Crippen MR) is 217 cm³/mol. The fourth-order valence-electron chi connectivity index (χ4n) is 6.11. The van der Waals surface area contributed by atoms with Gasteiger partial charge in [-0.1, -0.05) is 78.7 Å². The number of ether oxygens (including phenoxy) is 1. The van der Waals surface area contributed by atoms with Gasteiger partial charge in [0, 0.05) is 48.7 Å². The number of fused-ring (bicyclic) bond motifs is 1. The lowest BCUT2D eigenvalue weighted by molar-refractivity contribution is -0.124. The first kappa shape index (κ1) is 42.5. The number of hydrogen-bond donors (Lipinski definition) is 1. The van der Waals surface area contributed by atoms with Gasteiger partial charge < -0.3 is 20.3 Å². The van der Waals surface area contributed by atoms with Crippen molar-refractivity contribution in [2.24, 2.45) is 21.1 Å². The molecule has 2 atom stereocenters. The number of halogens is 1. The van der Waals surface area contributed by atoms with Crippen LogP contribution in [0.15, 0.2) is 32.3 Å². The minimum atomic E-state index is -0.239. The summed E-state index contributed by atoms with van der Waals surface area (Å²) in [5, 5.41) is 0. The second-order valence-electron chi connectivity index (χ2n) is 13.8. The zero-order chi connectivity index (χ0) is 35.3. The normalized spacial score (nSPS) is 18.6. The van der Waals surface area contributed by atoms with Crippen LogP contribution in [-0.2, 0) is 4.79 Å². The summed E-state index contributed by atoms with van der Waals surface area (Å²) in [5.41, 5.74) is 10.8. The predicted octanol–water partition coefficient (Wildman–Crippen LogP) is 8.50. The monoisotopic (exact) mass is 759 g/mol. The molecule has 0 saturated carbocycles. The molecule has 2 unspecified atom stereocenters. The molecule has 0 fully saturated rings. The Bertz CT molecular complexity index is 1400. The van der Waals surface area contributed by atoms with Crippen LogP contribution in [0.5, 0.6) is 6.01 Å². The zero-order valence-corrected chi connectivity index (χ0v) is 34.0. The Labute approximate surface area is 311 Å². The van der Waals surface area contributed by atoms with E-state index in [1.807, 2.05) is 13.0 Å². The Balaban J connectivity index is 0.00000833. The first-order valence-corrected chi connectivity index (χ1v) is 18.9. The van der Waals surface area contributed by atoms with E-state index in [1.54, 1.807) is 20.2 Å². The van der Waals surface area contributed by atoms with Crippen molar-refractivity contribution >= 4 is 64.2 Å². The van der Waals surface area contributed by atoms with Gasteiger partial charge in [0.1, 0.15) is 5.82 Å². The molecular formula is C38H62BrN7O2S. The third kappa shape index (κ3) is 12.3. The van der Waals surface area contributed by atoms with Crippen LogP contribution in [0.25, 0.3) is 11.6 Å². The van der Waals surface area contributed by atoms with Crippen molar-refractivity contribution < 1.29 is 9.53 Å². The lowest BCUT2D eigenvalue weighted by Crippen LogP contribution is -2.33. The van der Waals surface area contributed by atoms with Crippen molar-refractivity contribution in [3.8, 4) is 6.01 Å². The first-order chi connectivity index (χ1) is 23.0. The molecule has 3 rings (SSSR count). The summed E-state index contributed by atoms with van der Waals surface area (Å²) in [6.07, 6.45) is 18.5. The maximum absolute atomic E-state index is 12.6. The van der Waals surface area contributed by atoms with Crippen LogP contribution in [0, 0.1) is 5.41 Å². The van der Waals surface area contributed by atoms with Crippen molar-refractivity contribution in [1.82, 2.24) is 14.9 Å². The average molecular weight is 761 g/mol. The van der Waals surface area contributed by atoms with Gasteiger partial charge in [-0.2, -0.15) is 23.5 Å². The number of nitrogens with two attached hydrogens (primary N) is 1. The zero-order valence-electron chi connectivity index (χ0n) is 31.4. The molecule has 1 aromatic rings.